The van der Waals surface area contributed by atoms with E-state index in [1.165, 1.54) is 5.70 Å². The van der Waals surface area contributed by atoms with E-state index >= 15 is 0 Å². The van der Waals surface area contributed by atoms with Crippen molar-refractivity contribution in [1.29, 1.82) is 0 Å². The molecule has 1 N–H and O–H groups in total. The van der Waals surface area contributed by atoms with Crippen LogP contribution < -0.4 is 5.32 Å². The molecule has 0 saturated carbocycles. The molecule has 0 spiro atoms. The molecule has 1 nitrogen and oxygen atoms in total. The molecule has 0 saturated heterocycles. The van der Waals surface area contributed by atoms with Gasteiger partial charge in [-0.1, -0.05) is 46.1 Å². The normalized spacial score (nSPS) is 7.33. The van der Waals surface area contributed by atoms with Crippen LogP contribution in [-0.2, 0) is 0 Å². The van der Waals surface area contributed by atoms with Crippen LogP contribution in [-0.4, -0.2) is 7.05 Å². The molecule has 0 aliphatic heterocycles. The number of allylic oxidation sites excluding steroid dienone is 4. The minimum atomic E-state index is 0.990. The fraction of sp³-hybridized carbons (Fsp3) is 0.455. The minimum Gasteiger partial charge on any atom is -0.391 e. The van der Waals surface area contributed by atoms with E-state index in [1.807, 2.05) is 33.0 Å². The summed E-state index contributed by atoms with van der Waals surface area (Å²) in [5, 5.41) is 3.09. The number of rotatable bonds is 4. The molecule has 0 aromatic heterocycles. The predicted octanol–water partition coefficient (Wildman–Crippen LogP) is 3.27. The number of hydrogen-bond donors (Lipinski definition) is 1. The zero-order valence-corrected chi connectivity index (χ0v) is 8.78. The molecule has 0 fully saturated rings. The number of nitrogens with one attached hydrogen (secondary N) is 1. The van der Waals surface area contributed by atoms with Crippen LogP contribution in [0.25, 0.3) is 0 Å². The van der Waals surface area contributed by atoms with Crippen LogP contribution in [0.4, 0.5) is 0 Å². The second kappa shape index (κ2) is 10.0. The topological polar surface area (TPSA) is 12.0 Å². The van der Waals surface area contributed by atoms with Gasteiger partial charge in [0.2, 0.25) is 0 Å². The summed E-state index contributed by atoms with van der Waals surface area (Å²) in [5.74, 6) is 0. The molecule has 0 heterocycles. The summed E-state index contributed by atoms with van der Waals surface area (Å²) in [6, 6.07) is 0. The zero-order valence-electron chi connectivity index (χ0n) is 8.78. The van der Waals surface area contributed by atoms with E-state index in [-0.39, 0.29) is 0 Å². The Morgan fingerprint density at radius 3 is 1.75 bits per heavy atom. The van der Waals surface area contributed by atoms with E-state index in [0.29, 0.717) is 0 Å². The SMILES string of the molecule is C=CC(C=C)=C(CC)NC.CC. The first-order valence-corrected chi connectivity index (χ1v) is 4.45. The fourth-order valence-electron chi connectivity index (χ4n) is 0.855. The Morgan fingerprint density at radius 1 is 1.25 bits per heavy atom. The fourth-order valence-corrected chi connectivity index (χ4v) is 0.855. The maximum atomic E-state index is 3.68. The van der Waals surface area contributed by atoms with Gasteiger partial charge in [-0.15, -0.1) is 0 Å². The van der Waals surface area contributed by atoms with Gasteiger partial charge in [0.1, 0.15) is 0 Å². The summed E-state index contributed by atoms with van der Waals surface area (Å²) in [4.78, 5) is 0. The van der Waals surface area contributed by atoms with Crippen LogP contribution in [0.5, 0.6) is 0 Å². The van der Waals surface area contributed by atoms with Gasteiger partial charge in [0.15, 0.2) is 0 Å². The molecule has 0 unspecified atom stereocenters. The van der Waals surface area contributed by atoms with Crippen LogP contribution in [0.15, 0.2) is 36.6 Å². The molecular formula is C11H21N. The molecule has 0 aliphatic rings. The molecule has 0 radical (unpaired) electrons. The highest BCUT2D eigenvalue weighted by Crippen LogP contribution is 2.06. The lowest BCUT2D eigenvalue weighted by Crippen LogP contribution is -2.06. The molecule has 0 amide bonds. The molecule has 0 atom stereocenters. The van der Waals surface area contributed by atoms with Crippen LogP contribution >= 0.6 is 0 Å². The van der Waals surface area contributed by atoms with Crippen molar-refractivity contribution < 1.29 is 0 Å². The van der Waals surface area contributed by atoms with Crippen molar-refractivity contribution >= 4 is 0 Å². The van der Waals surface area contributed by atoms with Gasteiger partial charge >= 0.3 is 0 Å². The molecule has 0 aromatic rings. The lowest BCUT2D eigenvalue weighted by molar-refractivity contribution is 0.890. The van der Waals surface area contributed by atoms with E-state index in [1.54, 1.807) is 0 Å². The molecule has 0 aliphatic carbocycles. The van der Waals surface area contributed by atoms with Crippen LogP contribution in [0.1, 0.15) is 27.2 Å². The van der Waals surface area contributed by atoms with Crippen LogP contribution in [0.3, 0.4) is 0 Å². The van der Waals surface area contributed by atoms with Gasteiger partial charge < -0.3 is 5.32 Å². The molecule has 70 valence electrons. The minimum absolute atomic E-state index is 0.990. The Kier molecular flexibility index (Phi) is 11.4. The summed E-state index contributed by atoms with van der Waals surface area (Å²) in [6.07, 6.45) is 4.61. The first kappa shape index (κ1) is 13.6. The largest absolute Gasteiger partial charge is 0.391 e. The van der Waals surface area contributed by atoms with Crippen molar-refractivity contribution in [3.8, 4) is 0 Å². The second-order valence-corrected chi connectivity index (χ2v) is 1.95. The molecule has 0 rings (SSSR count). The Balaban J connectivity index is 0. The predicted molar refractivity (Wildman–Crippen MR) is 58.1 cm³/mol. The van der Waals surface area contributed by atoms with Gasteiger partial charge in [0.25, 0.3) is 0 Å². The molecule has 0 aromatic carbocycles. The second-order valence-electron chi connectivity index (χ2n) is 1.95. The Hall–Kier alpha value is -0.980. The van der Waals surface area contributed by atoms with Crippen LogP contribution in [0, 0.1) is 0 Å². The highest BCUT2D eigenvalue weighted by molar-refractivity contribution is 5.32. The third-order valence-electron chi connectivity index (χ3n) is 1.44. The van der Waals surface area contributed by atoms with Crippen molar-refractivity contribution in [2.75, 3.05) is 7.05 Å². The quantitative estimate of drug-likeness (QED) is 0.634. The lowest BCUT2D eigenvalue weighted by atomic mass is 10.1. The maximum absolute atomic E-state index is 3.68. The number of hydrogen-bond acceptors (Lipinski definition) is 1. The van der Waals surface area contributed by atoms with Gasteiger partial charge in [-0.05, 0) is 12.0 Å². The smallest absolute Gasteiger partial charge is 0.0174 e. The molecule has 1 heteroatoms. The third kappa shape index (κ3) is 4.78. The summed E-state index contributed by atoms with van der Waals surface area (Å²) < 4.78 is 0. The van der Waals surface area contributed by atoms with Gasteiger partial charge in [-0.2, -0.15) is 0 Å². The van der Waals surface area contributed by atoms with E-state index in [4.69, 9.17) is 0 Å². The molecule has 0 bridgehead atoms. The average Bonchev–Trinajstić information content (AvgIpc) is 2.17. The van der Waals surface area contributed by atoms with Crippen molar-refractivity contribution in [2.24, 2.45) is 0 Å². The van der Waals surface area contributed by atoms with E-state index in [9.17, 15) is 0 Å². The van der Waals surface area contributed by atoms with Crippen molar-refractivity contribution in [3.63, 3.8) is 0 Å². The maximum Gasteiger partial charge on any atom is 0.0174 e. The lowest BCUT2D eigenvalue weighted by Gasteiger charge is -2.05. The first-order valence-electron chi connectivity index (χ1n) is 4.45. The van der Waals surface area contributed by atoms with E-state index < -0.39 is 0 Å². The highest BCUT2D eigenvalue weighted by atomic mass is 14.8. The summed E-state index contributed by atoms with van der Waals surface area (Å²) in [5.41, 5.74) is 2.27. The summed E-state index contributed by atoms with van der Waals surface area (Å²) >= 11 is 0. The van der Waals surface area contributed by atoms with Crippen molar-refractivity contribution in [3.05, 3.63) is 36.6 Å². The Morgan fingerprint density at radius 2 is 1.67 bits per heavy atom. The van der Waals surface area contributed by atoms with Gasteiger partial charge in [-0.3, -0.25) is 0 Å². The van der Waals surface area contributed by atoms with Crippen LogP contribution in [0.2, 0.25) is 0 Å². The Labute approximate surface area is 76.9 Å². The molecule has 12 heavy (non-hydrogen) atoms. The van der Waals surface area contributed by atoms with E-state index in [0.717, 1.165) is 12.0 Å². The van der Waals surface area contributed by atoms with Gasteiger partial charge in [0.05, 0.1) is 0 Å². The monoisotopic (exact) mass is 167 g/mol. The van der Waals surface area contributed by atoms with Crippen molar-refractivity contribution in [2.45, 2.75) is 27.2 Å². The highest BCUT2D eigenvalue weighted by Gasteiger charge is 1.93. The third-order valence-corrected chi connectivity index (χ3v) is 1.44. The summed E-state index contributed by atoms with van der Waals surface area (Å²) in [6.45, 7) is 13.5. The van der Waals surface area contributed by atoms with E-state index in [2.05, 4.69) is 25.4 Å². The summed E-state index contributed by atoms with van der Waals surface area (Å²) in [7, 11) is 1.91. The van der Waals surface area contributed by atoms with Gasteiger partial charge in [-0.25, -0.2) is 0 Å². The average molecular weight is 167 g/mol. The zero-order chi connectivity index (χ0) is 9.98. The van der Waals surface area contributed by atoms with Crippen molar-refractivity contribution in [1.82, 2.24) is 5.32 Å². The molecular weight excluding hydrogens is 146 g/mol. The first-order chi connectivity index (χ1) is 5.79. The standard InChI is InChI=1S/C9H15N.C2H6/c1-5-8(6-2)9(7-3)10-4;1-2/h5-6,10H,1-2,7H2,3-4H3;1-2H3. The van der Waals surface area contributed by atoms with Gasteiger partial charge in [0, 0.05) is 12.7 Å². The Bertz CT molecular complexity index is 138.